The molecule has 0 fully saturated rings. The number of aryl methyl sites for hydroxylation is 3. The van der Waals surface area contributed by atoms with Gasteiger partial charge in [0.15, 0.2) is 0 Å². The fourth-order valence-electron chi connectivity index (χ4n) is 3.11. The molecule has 0 bridgehead atoms. The van der Waals surface area contributed by atoms with Crippen LogP contribution in [0.25, 0.3) is 0 Å². The average molecular weight is 313 g/mol. The number of benzene rings is 1. The van der Waals surface area contributed by atoms with Crippen molar-refractivity contribution in [2.24, 2.45) is 0 Å². The lowest BCUT2D eigenvalue weighted by Crippen LogP contribution is -2.04. The first-order valence-electron chi connectivity index (χ1n) is 9.44. The monoisotopic (exact) mass is 312 g/mol. The molecule has 0 aliphatic rings. The Bertz CT molecular complexity index is 516. The Hall–Kier alpha value is -1.57. The van der Waals surface area contributed by atoms with Gasteiger partial charge in [-0.3, -0.25) is 0 Å². The molecule has 0 saturated carbocycles. The van der Waals surface area contributed by atoms with Gasteiger partial charge in [-0.25, -0.2) is 4.98 Å². The first kappa shape index (κ1) is 17.8. The molecule has 0 radical (unpaired) electrons. The molecule has 0 spiro atoms. The topological polar surface area (TPSA) is 17.8 Å². The summed E-state index contributed by atoms with van der Waals surface area (Å²) in [6.45, 7) is 3.41. The standard InChI is InChI=1S/C21H32N2/c1-2-3-4-5-6-7-11-18-23-19-17-22-21(23)16-12-15-20-13-9-8-10-14-20/h8-10,13-14,17,19H,2-7,11-12,15-16,18H2,1H3. The maximum absolute atomic E-state index is 4.55. The molecule has 2 heteroatoms. The molecule has 0 saturated heterocycles. The highest BCUT2D eigenvalue weighted by molar-refractivity contribution is 5.14. The Labute approximate surface area is 142 Å². The first-order chi connectivity index (χ1) is 11.4. The predicted octanol–water partition coefficient (Wildman–Crippen LogP) is 5.81. The van der Waals surface area contributed by atoms with E-state index in [4.69, 9.17) is 0 Å². The van der Waals surface area contributed by atoms with E-state index < -0.39 is 0 Å². The summed E-state index contributed by atoms with van der Waals surface area (Å²) in [6.07, 6.45) is 17.1. The van der Waals surface area contributed by atoms with E-state index in [-0.39, 0.29) is 0 Å². The average Bonchev–Trinajstić information content (AvgIpc) is 3.02. The highest BCUT2D eigenvalue weighted by Gasteiger charge is 2.03. The molecule has 1 aromatic carbocycles. The van der Waals surface area contributed by atoms with Crippen LogP contribution in [0.4, 0.5) is 0 Å². The molecule has 2 aromatic rings. The molecule has 1 aromatic heterocycles. The summed E-state index contributed by atoms with van der Waals surface area (Å²) in [6, 6.07) is 10.8. The third kappa shape index (κ3) is 7.02. The number of rotatable bonds is 12. The van der Waals surface area contributed by atoms with E-state index in [1.54, 1.807) is 0 Å². The second-order valence-corrected chi connectivity index (χ2v) is 6.50. The summed E-state index contributed by atoms with van der Waals surface area (Å²) in [7, 11) is 0. The van der Waals surface area contributed by atoms with Crippen molar-refractivity contribution in [2.45, 2.75) is 77.7 Å². The molecule has 2 nitrogen and oxygen atoms in total. The third-order valence-electron chi connectivity index (χ3n) is 4.51. The zero-order valence-electron chi connectivity index (χ0n) is 14.7. The van der Waals surface area contributed by atoms with E-state index in [0.717, 1.165) is 19.4 Å². The number of hydrogen-bond donors (Lipinski definition) is 0. The van der Waals surface area contributed by atoms with Crippen LogP contribution < -0.4 is 0 Å². The molecule has 23 heavy (non-hydrogen) atoms. The molecule has 0 atom stereocenters. The predicted molar refractivity (Wildman–Crippen MR) is 98.7 cm³/mol. The minimum Gasteiger partial charge on any atom is -0.335 e. The largest absolute Gasteiger partial charge is 0.335 e. The van der Waals surface area contributed by atoms with Gasteiger partial charge in [0, 0.05) is 25.4 Å². The van der Waals surface area contributed by atoms with Gasteiger partial charge in [-0.15, -0.1) is 0 Å². The molecule has 2 rings (SSSR count). The van der Waals surface area contributed by atoms with Crippen LogP contribution in [0.15, 0.2) is 42.7 Å². The second kappa shape index (κ2) is 11.0. The quantitative estimate of drug-likeness (QED) is 0.452. The first-order valence-corrected chi connectivity index (χ1v) is 9.44. The van der Waals surface area contributed by atoms with E-state index in [1.807, 2.05) is 6.20 Å². The van der Waals surface area contributed by atoms with Gasteiger partial charge in [-0.05, 0) is 24.8 Å². The zero-order chi connectivity index (χ0) is 16.2. The Balaban J connectivity index is 1.62. The van der Waals surface area contributed by atoms with Gasteiger partial charge in [0.05, 0.1) is 0 Å². The maximum Gasteiger partial charge on any atom is 0.108 e. The van der Waals surface area contributed by atoms with Gasteiger partial charge in [0.2, 0.25) is 0 Å². The molecule has 126 valence electrons. The smallest absolute Gasteiger partial charge is 0.108 e. The van der Waals surface area contributed by atoms with Gasteiger partial charge in [-0.2, -0.15) is 0 Å². The lowest BCUT2D eigenvalue weighted by atomic mass is 10.1. The van der Waals surface area contributed by atoms with Crippen LogP contribution in [-0.2, 0) is 19.4 Å². The number of aromatic nitrogens is 2. The molecular weight excluding hydrogens is 280 g/mol. The highest BCUT2D eigenvalue weighted by Crippen LogP contribution is 2.11. The van der Waals surface area contributed by atoms with Crippen LogP contribution in [0.5, 0.6) is 0 Å². The number of imidazole rings is 1. The van der Waals surface area contributed by atoms with Gasteiger partial charge in [0.25, 0.3) is 0 Å². The van der Waals surface area contributed by atoms with E-state index in [9.17, 15) is 0 Å². The second-order valence-electron chi connectivity index (χ2n) is 6.50. The minimum absolute atomic E-state index is 1.08. The lowest BCUT2D eigenvalue weighted by Gasteiger charge is -2.08. The third-order valence-corrected chi connectivity index (χ3v) is 4.51. The molecule has 0 aliphatic heterocycles. The van der Waals surface area contributed by atoms with Crippen molar-refractivity contribution in [2.75, 3.05) is 0 Å². The zero-order valence-corrected chi connectivity index (χ0v) is 14.7. The van der Waals surface area contributed by atoms with Crippen LogP contribution in [0, 0.1) is 0 Å². The molecule has 0 unspecified atom stereocenters. The van der Waals surface area contributed by atoms with Gasteiger partial charge in [-0.1, -0.05) is 75.8 Å². The Morgan fingerprint density at radius 1 is 0.826 bits per heavy atom. The van der Waals surface area contributed by atoms with Crippen LogP contribution in [0.2, 0.25) is 0 Å². The number of hydrogen-bond acceptors (Lipinski definition) is 1. The van der Waals surface area contributed by atoms with Crippen molar-refractivity contribution < 1.29 is 0 Å². The van der Waals surface area contributed by atoms with Gasteiger partial charge in [0.1, 0.15) is 5.82 Å². The van der Waals surface area contributed by atoms with Gasteiger partial charge >= 0.3 is 0 Å². The van der Waals surface area contributed by atoms with Crippen LogP contribution in [0.1, 0.15) is 69.7 Å². The summed E-state index contributed by atoms with van der Waals surface area (Å²) < 4.78 is 2.36. The van der Waals surface area contributed by atoms with Gasteiger partial charge < -0.3 is 4.57 Å². The SMILES string of the molecule is CCCCCCCCCn1ccnc1CCCc1ccccc1. The maximum atomic E-state index is 4.55. The molecule has 0 amide bonds. The van der Waals surface area contributed by atoms with Crippen molar-refractivity contribution in [3.8, 4) is 0 Å². The van der Waals surface area contributed by atoms with E-state index in [0.29, 0.717) is 0 Å². The molecular formula is C21H32N2. The van der Waals surface area contributed by atoms with Crippen LogP contribution in [-0.4, -0.2) is 9.55 Å². The Morgan fingerprint density at radius 3 is 2.35 bits per heavy atom. The normalized spacial score (nSPS) is 11.0. The minimum atomic E-state index is 1.08. The molecule has 0 N–H and O–H groups in total. The van der Waals surface area contributed by atoms with Crippen molar-refractivity contribution in [1.29, 1.82) is 0 Å². The summed E-state index contributed by atoms with van der Waals surface area (Å²) in [5.74, 6) is 1.26. The van der Waals surface area contributed by atoms with Crippen molar-refractivity contribution in [1.82, 2.24) is 9.55 Å². The summed E-state index contributed by atoms with van der Waals surface area (Å²) in [4.78, 5) is 4.55. The van der Waals surface area contributed by atoms with E-state index in [2.05, 4.69) is 53.0 Å². The molecule has 1 heterocycles. The summed E-state index contributed by atoms with van der Waals surface area (Å²) >= 11 is 0. The summed E-state index contributed by atoms with van der Waals surface area (Å²) in [5, 5.41) is 0. The van der Waals surface area contributed by atoms with Crippen molar-refractivity contribution in [3.63, 3.8) is 0 Å². The number of unbranched alkanes of at least 4 members (excludes halogenated alkanes) is 6. The van der Waals surface area contributed by atoms with Crippen molar-refractivity contribution >= 4 is 0 Å². The molecule has 0 aliphatic carbocycles. The summed E-state index contributed by atoms with van der Waals surface area (Å²) in [5.41, 5.74) is 1.43. The van der Waals surface area contributed by atoms with Crippen molar-refractivity contribution in [3.05, 3.63) is 54.1 Å². The highest BCUT2D eigenvalue weighted by atomic mass is 15.1. The fourth-order valence-corrected chi connectivity index (χ4v) is 3.11. The fraction of sp³-hybridized carbons (Fsp3) is 0.571. The Morgan fingerprint density at radius 2 is 1.57 bits per heavy atom. The van der Waals surface area contributed by atoms with E-state index in [1.165, 1.54) is 62.8 Å². The lowest BCUT2D eigenvalue weighted by molar-refractivity contribution is 0.537. The van der Waals surface area contributed by atoms with Crippen LogP contribution >= 0.6 is 0 Å². The van der Waals surface area contributed by atoms with E-state index >= 15 is 0 Å². The number of nitrogens with zero attached hydrogens (tertiary/aromatic N) is 2. The van der Waals surface area contributed by atoms with Crippen LogP contribution in [0.3, 0.4) is 0 Å². The Kier molecular flexibility index (Phi) is 8.53.